The Morgan fingerprint density at radius 3 is 2.28 bits per heavy atom. The molecular formula is C37H59F3O2Si. The van der Waals surface area contributed by atoms with Crippen LogP contribution in [0.1, 0.15) is 118 Å². The first-order chi connectivity index (χ1) is 20.0. The Hall–Kier alpha value is -0.853. The first-order valence-corrected chi connectivity index (χ1v) is 20.4. The van der Waals surface area contributed by atoms with E-state index in [4.69, 9.17) is 4.43 Å². The van der Waals surface area contributed by atoms with Crippen molar-refractivity contribution < 1.29 is 22.7 Å². The van der Waals surface area contributed by atoms with Crippen molar-refractivity contribution in [3.05, 3.63) is 30.3 Å². The zero-order chi connectivity index (χ0) is 31.5. The summed E-state index contributed by atoms with van der Waals surface area (Å²) < 4.78 is 50.2. The summed E-state index contributed by atoms with van der Waals surface area (Å²) in [6, 6.07) is 9.50. The molecule has 0 bridgehead atoms. The van der Waals surface area contributed by atoms with Gasteiger partial charge in [0.2, 0.25) is 8.32 Å². The Balaban J connectivity index is 1.28. The second kappa shape index (κ2) is 11.7. The number of rotatable bonds is 8. The van der Waals surface area contributed by atoms with Crippen molar-refractivity contribution in [2.45, 2.75) is 149 Å². The van der Waals surface area contributed by atoms with E-state index < -0.39 is 25.7 Å². The van der Waals surface area contributed by atoms with Crippen LogP contribution in [0.25, 0.3) is 0 Å². The summed E-state index contributed by atoms with van der Waals surface area (Å²) in [6.45, 7) is 14.5. The lowest BCUT2D eigenvalue weighted by Gasteiger charge is -2.59. The van der Waals surface area contributed by atoms with Gasteiger partial charge >= 0.3 is 6.18 Å². The van der Waals surface area contributed by atoms with Gasteiger partial charge in [0, 0.05) is 0 Å². The minimum atomic E-state index is -4.41. The number of fused-ring (bicyclic) bond motifs is 5. The smallest absolute Gasteiger partial charge is 0.399 e. The molecule has 2 nitrogen and oxygen atoms in total. The SMILES string of the molecule is CC[C@@]1(O)CCC[C@@]2(C)[C@@H](CC[C@@H]3[C@@H]2CC[C@]2(C)[C@@H]([C@H](C)CC[C@](C)(O[Si](C)(C)c4ccccc4)C(F)(F)F)CC[C@@H]32)C1. The topological polar surface area (TPSA) is 29.5 Å². The third-order valence-electron chi connectivity index (χ3n) is 14.1. The van der Waals surface area contributed by atoms with Crippen LogP contribution in [0.3, 0.4) is 0 Å². The fraction of sp³-hybridized carbons (Fsp3) is 0.838. The van der Waals surface area contributed by atoms with Crippen LogP contribution in [0.2, 0.25) is 13.1 Å². The minimum Gasteiger partial charge on any atom is -0.399 e. The fourth-order valence-corrected chi connectivity index (χ4v) is 13.8. The highest BCUT2D eigenvalue weighted by Gasteiger charge is 2.61. The van der Waals surface area contributed by atoms with Crippen LogP contribution in [0.4, 0.5) is 13.2 Å². The molecule has 1 N–H and O–H groups in total. The van der Waals surface area contributed by atoms with Gasteiger partial charge in [0.15, 0.2) is 0 Å². The van der Waals surface area contributed by atoms with Crippen LogP contribution in [0.5, 0.6) is 0 Å². The van der Waals surface area contributed by atoms with Gasteiger partial charge in [-0.3, -0.25) is 0 Å². The summed E-state index contributed by atoms with van der Waals surface area (Å²) in [7, 11) is -2.76. The zero-order valence-electron chi connectivity index (χ0n) is 28.0. The second-order valence-corrected chi connectivity index (χ2v) is 20.5. The normalized spacial score (nSPS) is 40.5. The molecule has 5 rings (SSSR count). The average molecular weight is 621 g/mol. The first kappa shape index (κ1) is 33.5. The predicted molar refractivity (Wildman–Crippen MR) is 173 cm³/mol. The van der Waals surface area contributed by atoms with Gasteiger partial charge in [-0.2, -0.15) is 13.2 Å². The van der Waals surface area contributed by atoms with E-state index in [0.29, 0.717) is 29.6 Å². The molecule has 4 aliphatic carbocycles. The number of hydrogen-bond donors (Lipinski definition) is 1. The van der Waals surface area contributed by atoms with Crippen LogP contribution >= 0.6 is 0 Å². The van der Waals surface area contributed by atoms with Gasteiger partial charge in [-0.1, -0.05) is 64.4 Å². The molecule has 1 aromatic carbocycles. The molecule has 10 atom stereocenters. The Morgan fingerprint density at radius 2 is 1.63 bits per heavy atom. The predicted octanol–water partition coefficient (Wildman–Crippen LogP) is 10.0. The van der Waals surface area contributed by atoms with Crippen molar-refractivity contribution in [2.75, 3.05) is 0 Å². The number of alkyl halides is 3. The first-order valence-electron chi connectivity index (χ1n) is 17.5. The number of aliphatic hydroxyl groups is 1. The monoisotopic (exact) mass is 620 g/mol. The summed E-state index contributed by atoms with van der Waals surface area (Å²) in [4.78, 5) is 0. The van der Waals surface area contributed by atoms with Gasteiger partial charge in [-0.25, -0.2) is 0 Å². The Labute approximate surface area is 261 Å². The standard InChI is InChI=1S/C37H59F3O2Si/c1-8-36(41)22-12-21-33(3)27(25-36)15-16-29-31-18-17-30(34(31,4)23-20-32(29)33)26(2)19-24-35(5,37(38,39)40)42-43(6,7)28-13-10-9-11-14-28/h9-11,13-14,26-27,29-32,41H,8,12,15-25H2,1-7H3/t26-,27+,29+,30-,31+,32+,33+,34-,35+,36-/m1/s1. The average Bonchev–Trinajstić information content (AvgIpc) is 3.23. The molecule has 0 amide bonds. The molecule has 0 unspecified atom stereocenters. The molecule has 4 aliphatic rings. The Bertz CT molecular complexity index is 1110. The lowest BCUT2D eigenvalue weighted by atomic mass is 9.45. The largest absolute Gasteiger partial charge is 0.416 e. The van der Waals surface area contributed by atoms with Gasteiger partial charge in [0.1, 0.15) is 5.60 Å². The van der Waals surface area contributed by atoms with Gasteiger partial charge in [-0.15, -0.1) is 0 Å². The number of hydrogen-bond acceptors (Lipinski definition) is 2. The van der Waals surface area contributed by atoms with Crippen LogP contribution in [-0.2, 0) is 4.43 Å². The molecule has 4 saturated carbocycles. The van der Waals surface area contributed by atoms with Crippen LogP contribution in [-0.4, -0.2) is 30.8 Å². The van der Waals surface area contributed by atoms with E-state index in [1.54, 1.807) is 0 Å². The maximum atomic E-state index is 14.7. The summed E-state index contributed by atoms with van der Waals surface area (Å²) in [6.07, 6.45) is 8.62. The van der Waals surface area contributed by atoms with Crippen molar-refractivity contribution in [2.24, 2.45) is 46.3 Å². The highest BCUT2D eigenvalue weighted by Crippen LogP contribution is 2.68. The molecule has 244 valence electrons. The maximum absolute atomic E-state index is 14.7. The molecule has 6 heteroatoms. The van der Waals surface area contributed by atoms with Crippen LogP contribution in [0.15, 0.2) is 30.3 Å². The molecule has 0 spiro atoms. The van der Waals surface area contributed by atoms with E-state index in [0.717, 1.165) is 49.1 Å². The van der Waals surface area contributed by atoms with Crippen molar-refractivity contribution in [3.63, 3.8) is 0 Å². The fourth-order valence-electron chi connectivity index (χ4n) is 11.3. The van der Waals surface area contributed by atoms with Crippen molar-refractivity contribution in [3.8, 4) is 0 Å². The number of halogens is 3. The van der Waals surface area contributed by atoms with Gasteiger partial charge in [-0.05, 0) is 149 Å². The molecule has 1 aromatic rings. The summed E-state index contributed by atoms with van der Waals surface area (Å²) in [5, 5.41) is 12.2. The molecule has 0 aliphatic heterocycles. The van der Waals surface area contributed by atoms with E-state index in [1.807, 2.05) is 43.4 Å². The van der Waals surface area contributed by atoms with Gasteiger partial charge in [0.25, 0.3) is 0 Å². The van der Waals surface area contributed by atoms with Gasteiger partial charge in [0.05, 0.1) is 5.60 Å². The highest BCUT2D eigenvalue weighted by atomic mass is 28.4. The third-order valence-corrected chi connectivity index (χ3v) is 16.8. The van der Waals surface area contributed by atoms with E-state index in [-0.39, 0.29) is 17.8 Å². The maximum Gasteiger partial charge on any atom is 0.416 e. The molecule has 0 aromatic heterocycles. The van der Waals surface area contributed by atoms with Crippen molar-refractivity contribution in [1.82, 2.24) is 0 Å². The third kappa shape index (κ3) is 6.04. The highest BCUT2D eigenvalue weighted by molar-refractivity contribution is 6.84. The van der Waals surface area contributed by atoms with Crippen LogP contribution < -0.4 is 5.19 Å². The van der Waals surface area contributed by atoms with E-state index in [1.165, 1.54) is 45.4 Å². The van der Waals surface area contributed by atoms with E-state index >= 15 is 0 Å². The van der Waals surface area contributed by atoms with E-state index in [2.05, 4.69) is 27.7 Å². The molecular weight excluding hydrogens is 561 g/mol. The molecule has 4 fully saturated rings. The second-order valence-electron chi connectivity index (χ2n) is 16.7. The van der Waals surface area contributed by atoms with Crippen molar-refractivity contribution in [1.29, 1.82) is 0 Å². The van der Waals surface area contributed by atoms with E-state index in [9.17, 15) is 18.3 Å². The minimum absolute atomic E-state index is 0.0182. The summed E-state index contributed by atoms with van der Waals surface area (Å²) in [5.74, 6) is 3.46. The van der Waals surface area contributed by atoms with Crippen LogP contribution in [0, 0.1) is 46.3 Å². The summed E-state index contributed by atoms with van der Waals surface area (Å²) in [5.41, 5.74) is -2.10. The number of benzene rings is 1. The zero-order valence-corrected chi connectivity index (χ0v) is 29.0. The summed E-state index contributed by atoms with van der Waals surface area (Å²) >= 11 is 0. The lowest BCUT2D eigenvalue weighted by molar-refractivity contribution is -0.248. The van der Waals surface area contributed by atoms with Gasteiger partial charge < -0.3 is 9.53 Å². The Morgan fingerprint density at radius 1 is 0.953 bits per heavy atom. The lowest BCUT2D eigenvalue weighted by Crippen LogP contribution is -2.57. The molecule has 0 heterocycles. The molecule has 0 radical (unpaired) electrons. The molecule has 43 heavy (non-hydrogen) atoms. The Kier molecular flexibility index (Phi) is 9.15. The molecule has 0 saturated heterocycles. The van der Waals surface area contributed by atoms with Crippen molar-refractivity contribution >= 4 is 13.5 Å². The quantitative estimate of drug-likeness (QED) is 0.293.